The van der Waals surface area contributed by atoms with Crippen LogP contribution in [0.3, 0.4) is 0 Å². The molecular formula is C17H22O3. The largest absolute Gasteiger partial charge is 0.490 e. The Bertz CT molecular complexity index is 499. The van der Waals surface area contributed by atoms with Crippen LogP contribution in [0.1, 0.15) is 43.8 Å². The van der Waals surface area contributed by atoms with Crippen molar-refractivity contribution in [3.8, 4) is 11.5 Å². The maximum absolute atomic E-state index is 10.7. The molecule has 4 atom stereocenters. The zero-order valence-corrected chi connectivity index (χ0v) is 11.8. The van der Waals surface area contributed by atoms with E-state index in [0.29, 0.717) is 19.1 Å². The van der Waals surface area contributed by atoms with E-state index in [9.17, 15) is 5.11 Å². The Morgan fingerprint density at radius 2 is 1.90 bits per heavy atom. The molecule has 4 unspecified atom stereocenters. The van der Waals surface area contributed by atoms with Gasteiger partial charge in [-0.1, -0.05) is 12.5 Å². The van der Waals surface area contributed by atoms with E-state index in [1.54, 1.807) is 0 Å². The molecule has 2 bridgehead atoms. The second-order valence-corrected chi connectivity index (χ2v) is 6.54. The second-order valence-electron chi connectivity index (χ2n) is 6.54. The van der Waals surface area contributed by atoms with Crippen molar-refractivity contribution in [2.75, 3.05) is 13.2 Å². The van der Waals surface area contributed by atoms with Crippen molar-refractivity contribution < 1.29 is 14.6 Å². The van der Waals surface area contributed by atoms with Crippen molar-refractivity contribution in [3.05, 3.63) is 23.8 Å². The molecule has 2 saturated carbocycles. The first-order valence-electron chi connectivity index (χ1n) is 7.89. The molecule has 0 aromatic heterocycles. The molecule has 0 radical (unpaired) electrons. The number of benzene rings is 1. The minimum Gasteiger partial charge on any atom is -0.490 e. The molecule has 1 heterocycles. The predicted molar refractivity (Wildman–Crippen MR) is 75.9 cm³/mol. The number of aliphatic hydroxyl groups is 1. The van der Waals surface area contributed by atoms with E-state index in [1.807, 2.05) is 18.2 Å². The maximum atomic E-state index is 10.7. The summed E-state index contributed by atoms with van der Waals surface area (Å²) in [5.74, 6) is 3.64. The molecule has 2 aliphatic carbocycles. The van der Waals surface area contributed by atoms with Crippen LogP contribution >= 0.6 is 0 Å². The Morgan fingerprint density at radius 1 is 1.05 bits per heavy atom. The van der Waals surface area contributed by atoms with E-state index in [-0.39, 0.29) is 6.10 Å². The van der Waals surface area contributed by atoms with Crippen LogP contribution in [0.25, 0.3) is 0 Å². The van der Waals surface area contributed by atoms with E-state index in [1.165, 1.54) is 25.7 Å². The Labute approximate surface area is 119 Å². The zero-order valence-electron chi connectivity index (χ0n) is 11.8. The zero-order chi connectivity index (χ0) is 13.5. The molecule has 2 fully saturated rings. The first kappa shape index (κ1) is 12.5. The molecule has 1 aliphatic heterocycles. The van der Waals surface area contributed by atoms with Crippen LogP contribution in [0.15, 0.2) is 18.2 Å². The van der Waals surface area contributed by atoms with E-state index >= 15 is 0 Å². The highest BCUT2D eigenvalue weighted by molar-refractivity contribution is 5.44. The van der Waals surface area contributed by atoms with Crippen molar-refractivity contribution in [1.29, 1.82) is 0 Å². The van der Waals surface area contributed by atoms with Gasteiger partial charge in [-0.25, -0.2) is 0 Å². The summed E-state index contributed by atoms with van der Waals surface area (Å²) in [4.78, 5) is 0. The first-order valence-corrected chi connectivity index (χ1v) is 7.89. The van der Waals surface area contributed by atoms with Crippen LogP contribution in [-0.2, 0) is 0 Å². The molecule has 4 rings (SSSR count). The van der Waals surface area contributed by atoms with Gasteiger partial charge < -0.3 is 14.6 Å². The maximum Gasteiger partial charge on any atom is 0.161 e. The van der Waals surface area contributed by atoms with Gasteiger partial charge in [0.2, 0.25) is 0 Å². The van der Waals surface area contributed by atoms with E-state index in [0.717, 1.165) is 35.3 Å². The van der Waals surface area contributed by atoms with E-state index in [4.69, 9.17) is 9.47 Å². The predicted octanol–water partition coefficient (Wildman–Crippen LogP) is 3.32. The Hall–Kier alpha value is -1.22. The Kier molecular flexibility index (Phi) is 3.10. The lowest BCUT2D eigenvalue weighted by Gasteiger charge is -2.27. The number of hydrogen-bond donors (Lipinski definition) is 1. The molecule has 1 aromatic carbocycles. The van der Waals surface area contributed by atoms with Gasteiger partial charge in [-0.3, -0.25) is 0 Å². The van der Waals surface area contributed by atoms with Crippen LogP contribution in [0, 0.1) is 17.8 Å². The standard InChI is InChI=1S/C17H22O3/c18-17(14-9-11-2-3-12(14)8-11)13-4-5-15-16(10-13)20-7-1-6-19-15/h4-5,10-12,14,17-18H,1-3,6-9H2. The summed E-state index contributed by atoms with van der Waals surface area (Å²) in [7, 11) is 0. The van der Waals surface area contributed by atoms with Gasteiger partial charge in [-0.05, 0) is 54.7 Å². The smallest absolute Gasteiger partial charge is 0.161 e. The third-order valence-electron chi connectivity index (χ3n) is 5.31. The lowest BCUT2D eigenvalue weighted by Crippen LogP contribution is -2.19. The van der Waals surface area contributed by atoms with Crippen LogP contribution < -0.4 is 9.47 Å². The van der Waals surface area contributed by atoms with Crippen molar-refractivity contribution in [2.24, 2.45) is 17.8 Å². The second kappa shape index (κ2) is 4.96. The summed E-state index contributed by atoms with van der Waals surface area (Å²) in [6, 6.07) is 5.94. The van der Waals surface area contributed by atoms with Gasteiger partial charge in [0.05, 0.1) is 19.3 Å². The van der Waals surface area contributed by atoms with Crippen LogP contribution in [0.4, 0.5) is 0 Å². The molecule has 3 nitrogen and oxygen atoms in total. The number of fused-ring (bicyclic) bond motifs is 3. The van der Waals surface area contributed by atoms with Gasteiger partial charge in [0, 0.05) is 6.42 Å². The van der Waals surface area contributed by atoms with Crippen LogP contribution in [-0.4, -0.2) is 18.3 Å². The summed E-state index contributed by atoms with van der Waals surface area (Å²) >= 11 is 0. The molecule has 1 aromatic rings. The summed E-state index contributed by atoms with van der Waals surface area (Å²) in [6.45, 7) is 1.40. The normalized spacial score (nSPS) is 33.0. The van der Waals surface area contributed by atoms with E-state index in [2.05, 4.69) is 0 Å². The van der Waals surface area contributed by atoms with Crippen LogP contribution in [0.2, 0.25) is 0 Å². The van der Waals surface area contributed by atoms with Gasteiger partial charge in [0.15, 0.2) is 11.5 Å². The Morgan fingerprint density at radius 3 is 2.65 bits per heavy atom. The SMILES string of the molecule is OC(c1ccc2c(c1)OCCCO2)C1CC2CCC1C2. The third kappa shape index (κ3) is 2.08. The average Bonchev–Trinajstić information content (AvgIpc) is 3.02. The summed E-state index contributed by atoms with van der Waals surface area (Å²) < 4.78 is 11.4. The van der Waals surface area contributed by atoms with Crippen molar-refractivity contribution in [2.45, 2.75) is 38.2 Å². The molecule has 1 N–H and O–H groups in total. The van der Waals surface area contributed by atoms with Gasteiger partial charge in [-0.2, -0.15) is 0 Å². The Balaban J connectivity index is 1.57. The molecule has 108 valence electrons. The minimum absolute atomic E-state index is 0.345. The fourth-order valence-corrected chi connectivity index (χ4v) is 4.29. The molecule has 0 amide bonds. The van der Waals surface area contributed by atoms with Crippen molar-refractivity contribution in [1.82, 2.24) is 0 Å². The van der Waals surface area contributed by atoms with Gasteiger partial charge >= 0.3 is 0 Å². The number of ether oxygens (including phenoxy) is 2. The fourth-order valence-electron chi connectivity index (χ4n) is 4.29. The summed E-state index contributed by atoms with van der Waals surface area (Å²) in [6.07, 6.45) is 5.76. The lowest BCUT2D eigenvalue weighted by atomic mass is 9.82. The van der Waals surface area contributed by atoms with Gasteiger partial charge in [-0.15, -0.1) is 0 Å². The average molecular weight is 274 g/mol. The number of aliphatic hydroxyl groups excluding tert-OH is 1. The lowest BCUT2D eigenvalue weighted by molar-refractivity contribution is 0.0742. The molecular weight excluding hydrogens is 252 g/mol. The molecule has 3 heteroatoms. The number of hydrogen-bond acceptors (Lipinski definition) is 3. The minimum atomic E-state index is -0.345. The highest BCUT2D eigenvalue weighted by atomic mass is 16.5. The van der Waals surface area contributed by atoms with Gasteiger partial charge in [0.25, 0.3) is 0 Å². The van der Waals surface area contributed by atoms with Crippen LogP contribution in [0.5, 0.6) is 11.5 Å². The molecule has 0 saturated heterocycles. The topological polar surface area (TPSA) is 38.7 Å². The first-order chi connectivity index (χ1) is 9.81. The fraction of sp³-hybridized carbons (Fsp3) is 0.647. The van der Waals surface area contributed by atoms with Crippen molar-refractivity contribution >= 4 is 0 Å². The monoisotopic (exact) mass is 274 g/mol. The summed E-state index contributed by atoms with van der Waals surface area (Å²) in [5, 5.41) is 10.7. The van der Waals surface area contributed by atoms with Crippen molar-refractivity contribution in [3.63, 3.8) is 0 Å². The number of rotatable bonds is 2. The van der Waals surface area contributed by atoms with E-state index < -0.39 is 0 Å². The third-order valence-corrected chi connectivity index (χ3v) is 5.31. The molecule has 20 heavy (non-hydrogen) atoms. The summed E-state index contributed by atoms with van der Waals surface area (Å²) in [5.41, 5.74) is 0.992. The highest BCUT2D eigenvalue weighted by Crippen LogP contribution is 2.52. The molecule has 3 aliphatic rings. The highest BCUT2D eigenvalue weighted by Gasteiger charge is 2.43. The molecule has 0 spiro atoms. The van der Waals surface area contributed by atoms with Gasteiger partial charge in [0.1, 0.15) is 0 Å². The quantitative estimate of drug-likeness (QED) is 0.899.